The third-order valence-corrected chi connectivity index (χ3v) is 6.92. The normalized spacial score (nSPS) is 11.4. The van der Waals surface area contributed by atoms with Gasteiger partial charge in [0.25, 0.3) is 0 Å². The number of thioether (sulfide) groups is 1. The van der Waals surface area contributed by atoms with Crippen LogP contribution in [0.25, 0.3) is 16.8 Å². The number of alkyl halides is 3. The first-order valence-corrected chi connectivity index (χ1v) is 13.6. The molecule has 0 atom stereocenters. The molecule has 0 spiro atoms. The summed E-state index contributed by atoms with van der Waals surface area (Å²) in [6.45, 7) is 5.07. The van der Waals surface area contributed by atoms with Gasteiger partial charge in [-0.3, -0.25) is 0 Å². The number of fused-ring (bicyclic) bond motifs is 1. The fourth-order valence-electron chi connectivity index (χ4n) is 3.90. The Labute approximate surface area is 235 Å². The molecule has 0 aliphatic heterocycles. The standard InChI is InChI=1S/C31H29F3O2S.CO2/c1-3-17-35-30-16-15-28(18-22(30)2)37-21-23(19-25-9-6-8-24-7-4-5-10-29(24)25)20-36-27-13-11-26(12-14-27)31(32,33)34;2-1-3/h4-16,18-19H,3,17,20-21H2,1-2H3;. The van der Waals surface area contributed by atoms with Crippen molar-refractivity contribution < 1.29 is 32.2 Å². The van der Waals surface area contributed by atoms with Crippen molar-refractivity contribution in [3.8, 4) is 11.5 Å². The first kappa shape index (κ1) is 30.5. The molecule has 0 amide bonds. The zero-order valence-corrected chi connectivity index (χ0v) is 23.0. The molecule has 0 fully saturated rings. The second-order valence-electron chi connectivity index (χ2n) is 8.83. The molecular weight excluding hydrogens is 537 g/mol. The van der Waals surface area contributed by atoms with Gasteiger partial charge in [-0.05, 0) is 83.3 Å². The summed E-state index contributed by atoms with van der Waals surface area (Å²) >= 11 is 1.69. The van der Waals surface area contributed by atoms with Crippen molar-refractivity contribution in [2.75, 3.05) is 19.0 Å². The summed E-state index contributed by atoms with van der Waals surface area (Å²) in [6, 6.07) is 25.3. The van der Waals surface area contributed by atoms with Crippen LogP contribution in [0.1, 0.15) is 30.0 Å². The lowest BCUT2D eigenvalue weighted by Crippen LogP contribution is -2.06. The largest absolute Gasteiger partial charge is 0.493 e. The number of rotatable bonds is 10. The van der Waals surface area contributed by atoms with Crippen molar-refractivity contribution in [2.45, 2.75) is 31.3 Å². The molecule has 0 N–H and O–H groups in total. The number of ether oxygens (including phenoxy) is 2. The minimum absolute atomic E-state index is 0.250. The molecule has 4 aromatic rings. The molecule has 4 rings (SSSR count). The molecule has 0 bridgehead atoms. The maximum Gasteiger partial charge on any atom is 0.416 e. The highest BCUT2D eigenvalue weighted by Gasteiger charge is 2.30. The van der Waals surface area contributed by atoms with Crippen LogP contribution in [0.2, 0.25) is 0 Å². The molecule has 0 radical (unpaired) electrons. The summed E-state index contributed by atoms with van der Waals surface area (Å²) in [6.07, 6.45) is -1.05. The van der Waals surface area contributed by atoms with E-state index in [0.29, 0.717) is 18.1 Å². The second kappa shape index (κ2) is 15.0. The number of benzene rings is 4. The Morgan fingerprint density at radius 1 is 0.925 bits per heavy atom. The van der Waals surface area contributed by atoms with Crippen molar-refractivity contribution >= 4 is 34.8 Å². The molecule has 8 heteroatoms. The number of aryl methyl sites for hydroxylation is 1. The minimum Gasteiger partial charge on any atom is -0.493 e. The van der Waals surface area contributed by atoms with Gasteiger partial charge in [0.1, 0.15) is 18.1 Å². The van der Waals surface area contributed by atoms with Crippen LogP contribution in [-0.4, -0.2) is 25.1 Å². The molecule has 4 aromatic carbocycles. The Kier molecular flexibility index (Phi) is 11.4. The smallest absolute Gasteiger partial charge is 0.416 e. The van der Waals surface area contributed by atoms with Gasteiger partial charge in [0.15, 0.2) is 0 Å². The molecule has 0 saturated carbocycles. The second-order valence-corrected chi connectivity index (χ2v) is 9.88. The number of hydrogen-bond acceptors (Lipinski definition) is 5. The number of halogens is 3. The maximum atomic E-state index is 12.9. The van der Waals surface area contributed by atoms with Gasteiger partial charge in [0, 0.05) is 10.6 Å². The summed E-state index contributed by atoms with van der Waals surface area (Å²) in [5.74, 6) is 1.96. The lowest BCUT2D eigenvalue weighted by atomic mass is 10.0. The monoisotopic (exact) mass is 566 g/mol. The summed E-state index contributed by atoms with van der Waals surface area (Å²) < 4.78 is 50.5. The molecule has 0 aliphatic rings. The highest BCUT2D eigenvalue weighted by atomic mass is 32.2. The van der Waals surface area contributed by atoms with E-state index in [1.807, 2.05) is 31.2 Å². The summed E-state index contributed by atoms with van der Waals surface area (Å²) in [5, 5.41) is 2.28. The molecule has 4 nitrogen and oxygen atoms in total. The fraction of sp³-hybridized carbons (Fsp3) is 0.219. The molecule has 0 aromatic heterocycles. The average Bonchev–Trinajstić information content (AvgIpc) is 2.94. The van der Waals surface area contributed by atoms with Crippen LogP contribution in [0.3, 0.4) is 0 Å². The summed E-state index contributed by atoms with van der Waals surface area (Å²) in [4.78, 5) is 17.4. The van der Waals surface area contributed by atoms with E-state index in [-0.39, 0.29) is 12.8 Å². The highest BCUT2D eigenvalue weighted by Crippen LogP contribution is 2.31. The van der Waals surface area contributed by atoms with Gasteiger partial charge in [-0.25, -0.2) is 0 Å². The van der Waals surface area contributed by atoms with Crippen molar-refractivity contribution in [1.29, 1.82) is 0 Å². The Morgan fingerprint density at radius 2 is 1.62 bits per heavy atom. The molecular formula is C32H29F3O4S. The Bertz CT molecular complexity index is 1450. The van der Waals surface area contributed by atoms with Gasteiger partial charge >= 0.3 is 12.3 Å². The van der Waals surface area contributed by atoms with Crippen molar-refractivity contribution in [3.63, 3.8) is 0 Å². The van der Waals surface area contributed by atoms with Crippen LogP contribution in [0.15, 0.2) is 95.4 Å². The summed E-state index contributed by atoms with van der Waals surface area (Å²) in [5.41, 5.74) is 2.48. The van der Waals surface area contributed by atoms with Crippen molar-refractivity contribution in [3.05, 3.63) is 107 Å². The average molecular weight is 567 g/mol. The van der Waals surface area contributed by atoms with Gasteiger partial charge in [-0.2, -0.15) is 22.8 Å². The van der Waals surface area contributed by atoms with Crippen LogP contribution in [0.4, 0.5) is 13.2 Å². The van der Waals surface area contributed by atoms with E-state index in [2.05, 4.69) is 49.4 Å². The third-order valence-electron chi connectivity index (χ3n) is 5.82. The van der Waals surface area contributed by atoms with Crippen LogP contribution >= 0.6 is 11.8 Å². The topological polar surface area (TPSA) is 52.6 Å². The van der Waals surface area contributed by atoms with Gasteiger partial charge in [-0.15, -0.1) is 11.8 Å². The van der Waals surface area contributed by atoms with E-state index in [1.54, 1.807) is 11.8 Å². The minimum atomic E-state index is -4.37. The Hall–Kier alpha value is -4.00. The SMILES string of the molecule is CCCOc1ccc(SCC(=Cc2cccc3ccccc23)COc2ccc(C(F)(F)F)cc2)cc1C.O=C=O. The highest BCUT2D eigenvalue weighted by molar-refractivity contribution is 7.99. The zero-order chi connectivity index (χ0) is 29.0. The summed E-state index contributed by atoms with van der Waals surface area (Å²) in [7, 11) is 0. The van der Waals surface area contributed by atoms with Gasteiger partial charge in [-0.1, -0.05) is 55.5 Å². The lowest BCUT2D eigenvalue weighted by molar-refractivity contribution is -0.191. The van der Waals surface area contributed by atoms with Gasteiger partial charge in [0.05, 0.1) is 12.2 Å². The molecule has 0 saturated heterocycles. The molecule has 40 heavy (non-hydrogen) atoms. The van der Waals surface area contributed by atoms with Gasteiger partial charge in [0.2, 0.25) is 0 Å². The van der Waals surface area contributed by atoms with Crippen LogP contribution in [0, 0.1) is 6.92 Å². The van der Waals surface area contributed by atoms with E-state index in [0.717, 1.165) is 56.7 Å². The van der Waals surface area contributed by atoms with E-state index in [9.17, 15) is 13.2 Å². The van der Waals surface area contributed by atoms with Crippen LogP contribution in [-0.2, 0) is 15.8 Å². The molecule has 0 unspecified atom stereocenters. The Balaban J connectivity index is 0.00000141. The predicted molar refractivity (Wildman–Crippen MR) is 152 cm³/mol. The van der Waals surface area contributed by atoms with E-state index < -0.39 is 11.7 Å². The molecule has 208 valence electrons. The number of hydrogen-bond donors (Lipinski definition) is 0. The molecule has 0 heterocycles. The molecule has 0 aliphatic carbocycles. The maximum absolute atomic E-state index is 12.9. The van der Waals surface area contributed by atoms with E-state index in [4.69, 9.17) is 19.1 Å². The van der Waals surface area contributed by atoms with E-state index >= 15 is 0 Å². The zero-order valence-electron chi connectivity index (χ0n) is 22.2. The first-order chi connectivity index (χ1) is 19.2. The Morgan fingerprint density at radius 3 is 2.30 bits per heavy atom. The van der Waals surface area contributed by atoms with E-state index in [1.165, 1.54) is 12.1 Å². The van der Waals surface area contributed by atoms with Crippen LogP contribution in [0.5, 0.6) is 11.5 Å². The quantitative estimate of drug-likeness (QED) is 0.180. The van der Waals surface area contributed by atoms with Crippen LogP contribution < -0.4 is 9.47 Å². The number of carbonyl (C=O) groups excluding carboxylic acids is 2. The van der Waals surface area contributed by atoms with Crippen molar-refractivity contribution in [1.82, 2.24) is 0 Å². The fourth-order valence-corrected chi connectivity index (χ4v) is 4.84. The first-order valence-electron chi connectivity index (χ1n) is 12.6. The third kappa shape index (κ3) is 9.04. The predicted octanol–water partition coefficient (Wildman–Crippen LogP) is 8.63. The van der Waals surface area contributed by atoms with Gasteiger partial charge < -0.3 is 9.47 Å². The lowest BCUT2D eigenvalue weighted by Gasteiger charge is -2.13. The van der Waals surface area contributed by atoms with Crippen molar-refractivity contribution in [2.24, 2.45) is 0 Å².